The van der Waals surface area contributed by atoms with Gasteiger partial charge in [0.25, 0.3) is 0 Å². The molecule has 0 unspecified atom stereocenters. The minimum atomic E-state index is -1.11. The highest BCUT2D eigenvalue weighted by Gasteiger charge is 2.72. The molecule has 0 aromatic carbocycles. The average molecular weight is 314 g/mol. The summed E-state index contributed by atoms with van der Waals surface area (Å²) in [4.78, 5) is 12.8. The number of hydrogen-bond donors (Lipinski definition) is 2. The van der Waals surface area contributed by atoms with Crippen LogP contribution in [0.15, 0.2) is 0 Å². The van der Waals surface area contributed by atoms with Crippen molar-refractivity contribution in [2.24, 2.45) is 32.8 Å². The highest BCUT2D eigenvalue weighted by molar-refractivity contribution is 5.79. The molecule has 132 valence electrons. The first kappa shape index (κ1) is 21.4. The van der Waals surface area contributed by atoms with Crippen molar-refractivity contribution >= 4 is 5.97 Å². The van der Waals surface area contributed by atoms with Gasteiger partial charge in [0.1, 0.15) is 0 Å². The molecule has 0 heterocycles. The molecule has 0 spiro atoms. The average Bonchev–Trinajstić information content (AvgIpc) is 2.07. The lowest BCUT2D eigenvalue weighted by Crippen LogP contribution is -2.79. The van der Waals surface area contributed by atoms with Crippen LogP contribution < -0.4 is 5.73 Å². The fourth-order valence-corrected chi connectivity index (χ4v) is 5.37. The lowest BCUT2D eigenvalue weighted by Gasteiger charge is -2.68. The van der Waals surface area contributed by atoms with E-state index in [9.17, 15) is 9.90 Å². The summed E-state index contributed by atoms with van der Waals surface area (Å²) in [7, 11) is 0. The topological polar surface area (TPSA) is 63.3 Å². The van der Waals surface area contributed by atoms with Gasteiger partial charge in [0.15, 0.2) is 0 Å². The summed E-state index contributed by atoms with van der Waals surface area (Å²) in [5, 5.41) is 10.5. The van der Waals surface area contributed by atoms with Crippen LogP contribution in [0.3, 0.4) is 0 Å². The molecule has 0 rings (SSSR count). The van der Waals surface area contributed by atoms with Gasteiger partial charge < -0.3 is 10.8 Å². The smallest absolute Gasteiger partial charge is 0.312 e. The Labute approximate surface area is 138 Å². The summed E-state index contributed by atoms with van der Waals surface area (Å²) in [5.41, 5.74) is 3.31. The van der Waals surface area contributed by atoms with Gasteiger partial charge in [-0.3, -0.25) is 4.79 Å². The zero-order chi connectivity index (χ0) is 18.6. The summed E-state index contributed by atoms with van der Waals surface area (Å²) < 4.78 is 0. The van der Waals surface area contributed by atoms with Crippen molar-refractivity contribution in [2.45, 2.75) is 88.6 Å². The Kier molecular flexibility index (Phi) is 5.09. The van der Waals surface area contributed by atoms with E-state index in [0.717, 1.165) is 0 Å². The molecule has 0 aromatic rings. The number of nitrogens with two attached hydrogens (primary N) is 1. The van der Waals surface area contributed by atoms with Gasteiger partial charge in [0.2, 0.25) is 0 Å². The molecule has 0 saturated carbocycles. The van der Waals surface area contributed by atoms with Crippen molar-refractivity contribution in [2.75, 3.05) is 0 Å². The predicted molar refractivity (Wildman–Crippen MR) is 94.8 cm³/mol. The minimum Gasteiger partial charge on any atom is -0.481 e. The molecule has 3 heteroatoms. The Bertz CT molecular complexity index is 394. The Hall–Kier alpha value is -0.570. The van der Waals surface area contributed by atoms with Gasteiger partial charge >= 0.3 is 5.97 Å². The van der Waals surface area contributed by atoms with Gasteiger partial charge in [-0.25, -0.2) is 0 Å². The van der Waals surface area contributed by atoms with Gasteiger partial charge in [-0.15, -0.1) is 0 Å². The molecule has 0 fully saturated rings. The zero-order valence-electron chi connectivity index (χ0n) is 16.9. The van der Waals surface area contributed by atoms with Crippen LogP contribution in [0.1, 0.15) is 83.1 Å². The number of rotatable bonds is 2. The van der Waals surface area contributed by atoms with Gasteiger partial charge in [0, 0.05) is 5.54 Å². The Balaban J connectivity index is 7.27. The lowest BCUT2D eigenvalue weighted by atomic mass is 9.37. The van der Waals surface area contributed by atoms with Crippen LogP contribution in [0.4, 0.5) is 0 Å². The molecule has 3 N–H and O–H groups in total. The summed E-state index contributed by atoms with van der Waals surface area (Å²) in [6.45, 7) is 24.4. The summed E-state index contributed by atoms with van der Waals surface area (Å²) >= 11 is 0. The summed E-state index contributed by atoms with van der Waals surface area (Å²) in [6, 6.07) is 0. The first-order valence-electron chi connectivity index (χ1n) is 8.22. The van der Waals surface area contributed by atoms with Crippen LogP contribution in [0.25, 0.3) is 0 Å². The standard InChI is InChI=1S/C19H39NO2/c1-14(2,3)18(13(21)22,15(4,5)6)19(20,16(7,8)9)17(10,11)12/h20H2,1-12H3,(H,21,22). The van der Waals surface area contributed by atoms with Crippen LogP contribution in [0.5, 0.6) is 0 Å². The molecular formula is C19H39NO2. The van der Waals surface area contributed by atoms with Crippen LogP contribution >= 0.6 is 0 Å². The Morgan fingerprint density at radius 3 is 0.909 bits per heavy atom. The molecule has 0 atom stereocenters. The largest absolute Gasteiger partial charge is 0.481 e. The number of hydrogen-bond acceptors (Lipinski definition) is 2. The maximum atomic E-state index is 12.8. The van der Waals surface area contributed by atoms with Crippen molar-refractivity contribution in [3.8, 4) is 0 Å². The van der Waals surface area contributed by atoms with Crippen LogP contribution in [0, 0.1) is 27.1 Å². The van der Waals surface area contributed by atoms with Crippen LogP contribution in [0.2, 0.25) is 0 Å². The van der Waals surface area contributed by atoms with E-state index in [-0.39, 0.29) is 10.8 Å². The molecule has 0 bridgehead atoms. The summed E-state index contributed by atoms with van der Waals surface area (Å²) in [6.07, 6.45) is 0. The van der Waals surface area contributed by atoms with Gasteiger partial charge in [-0.05, 0) is 21.7 Å². The number of carboxylic acids is 1. The maximum Gasteiger partial charge on any atom is 0.312 e. The summed E-state index contributed by atoms with van der Waals surface area (Å²) in [5.74, 6) is -0.806. The molecule has 3 nitrogen and oxygen atoms in total. The predicted octanol–water partition coefficient (Wildman–Crippen LogP) is 4.94. The minimum absolute atomic E-state index is 0.385. The van der Waals surface area contributed by atoms with Gasteiger partial charge in [0.05, 0.1) is 5.41 Å². The molecule has 0 aliphatic heterocycles. The van der Waals surface area contributed by atoms with E-state index < -0.39 is 27.8 Å². The van der Waals surface area contributed by atoms with Crippen molar-refractivity contribution in [3.63, 3.8) is 0 Å². The van der Waals surface area contributed by atoms with Crippen molar-refractivity contribution in [1.82, 2.24) is 0 Å². The van der Waals surface area contributed by atoms with E-state index in [1.54, 1.807) is 0 Å². The van der Waals surface area contributed by atoms with E-state index in [1.807, 2.05) is 41.5 Å². The molecule has 22 heavy (non-hydrogen) atoms. The van der Waals surface area contributed by atoms with E-state index in [1.165, 1.54) is 0 Å². The zero-order valence-corrected chi connectivity index (χ0v) is 16.9. The van der Waals surface area contributed by atoms with Crippen molar-refractivity contribution < 1.29 is 9.90 Å². The normalized spacial score (nSPS) is 15.9. The fourth-order valence-electron chi connectivity index (χ4n) is 5.37. The van der Waals surface area contributed by atoms with Crippen molar-refractivity contribution in [1.29, 1.82) is 0 Å². The lowest BCUT2D eigenvalue weighted by molar-refractivity contribution is -0.209. The number of carbonyl (C=O) groups is 1. The first-order valence-corrected chi connectivity index (χ1v) is 8.22. The number of aliphatic carboxylic acids is 1. The van der Waals surface area contributed by atoms with Gasteiger partial charge in [-0.2, -0.15) is 0 Å². The quantitative estimate of drug-likeness (QED) is 0.759. The van der Waals surface area contributed by atoms with E-state index in [0.29, 0.717) is 0 Å². The highest BCUT2D eigenvalue weighted by Crippen LogP contribution is 2.66. The monoisotopic (exact) mass is 313 g/mol. The van der Waals surface area contributed by atoms with E-state index in [4.69, 9.17) is 5.73 Å². The molecular weight excluding hydrogens is 274 g/mol. The molecule has 0 aliphatic carbocycles. The SMILES string of the molecule is CC(C)(C)C(N)(C(C)(C)C)C(C(=O)O)(C(C)(C)C)C(C)(C)C. The van der Waals surface area contributed by atoms with Crippen molar-refractivity contribution in [3.05, 3.63) is 0 Å². The molecule has 0 aliphatic rings. The third kappa shape index (κ3) is 2.60. The van der Waals surface area contributed by atoms with Gasteiger partial charge in [-0.1, -0.05) is 83.1 Å². The van der Waals surface area contributed by atoms with E-state index >= 15 is 0 Å². The van der Waals surface area contributed by atoms with Crippen LogP contribution in [-0.2, 0) is 4.79 Å². The Morgan fingerprint density at radius 1 is 0.636 bits per heavy atom. The molecule has 0 saturated heterocycles. The molecule has 0 aromatic heterocycles. The van der Waals surface area contributed by atoms with Crippen LogP contribution in [-0.4, -0.2) is 16.6 Å². The first-order chi connectivity index (χ1) is 9.19. The maximum absolute atomic E-state index is 12.8. The third-order valence-electron chi connectivity index (χ3n) is 5.53. The fraction of sp³-hybridized carbons (Fsp3) is 0.947. The molecule has 0 amide bonds. The second kappa shape index (κ2) is 5.22. The second-order valence-corrected chi connectivity index (χ2v) is 10.9. The number of carboxylic acid groups (broad SMARTS) is 1. The molecule has 0 radical (unpaired) electrons. The second-order valence-electron chi connectivity index (χ2n) is 10.9. The third-order valence-corrected chi connectivity index (χ3v) is 5.53. The highest BCUT2D eigenvalue weighted by atomic mass is 16.4. The Morgan fingerprint density at radius 2 is 0.864 bits per heavy atom. The van der Waals surface area contributed by atoms with E-state index in [2.05, 4.69) is 41.5 Å².